The van der Waals surface area contributed by atoms with Gasteiger partial charge < -0.3 is 16.4 Å². The Kier molecular flexibility index (Phi) is 6.41. The van der Waals surface area contributed by atoms with Crippen LogP contribution in [0.15, 0.2) is 42.7 Å². The van der Waals surface area contributed by atoms with E-state index in [1.54, 1.807) is 30.6 Å². The molecule has 1 heterocycles. The number of carbonyl (C=O) groups excluding carboxylic acids is 2. The van der Waals surface area contributed by atoms with Gasteiger partial charge in [0.2, 0.25) is 5.91 Å². The van der Waals surface area contributed by atoms with E-state index in [0.717, 1.165) is 31.2 Å². The lowest BCUT2D eigenvalue weighted by Crippen LogP contribution is -2.36. The largest absolute Gasteiger partial charge is 0.330 e. The van der Waals surface area contributed by atoms with Crippen LogP contribution in [0, 0.1) is 12.3 Å². The van der Waals surface area contributed by atoms with E-state index >= 15 is 0 Å². The zero-order valence-electron chi connectivity index (χ0n) is 16.3. The molecular formula is C22H28N4O2. The van der Waals surface area contributed by atoms with Crippen molar-refractivity contribution in [3.8, 4) is 0 Å². The number of rotatable bonds is 6. The average Bonchev–Trinajstić information content (AvgIpc) is 2.71. The fourth-order valence-corrected chi connectivity index (χ4v) is 3.83. The predicted molar refractivity (Wildman–Crippen MR) is 111 cm³/mol. The van der Waals surface area contributed by atoms with E-state index in [1.165, 1.54) is 6.42 Å². The first-order valence-electron chi connectivity index (χ1n) is 9.83. The van der Waals surface area contributed by atoms with Crippen LogP contribution in [0.3, 0.4) is 0 Å². The lowest BCUT2D eigenvalue weighted by atomic mass is 9.71. The topological polar surface area (TPSA) is 97.1 Å². The maximum atomic E-state index is 12.6. The third kappa shape index (κ3) is 4.95. The highest BCUT2D eigenvalue weighted by Gasteiger charge is 2.33. The van der Waals surface area contributed by atoms with Gasteiger partial charge in [0.25, 0.3) is 5.91 Å². The van der Waals surface area contributed by atoms with Gasteiger partial charge in [0.05, 0.1) is 0 Å². The van der Waals surface area contributed by atoms with Gasteiger partial charge in [-0.25, -0.2) is 0 Å². The lowest BCUT2D eigenvalue weighted by Gasteiger charge is -2.35. The average molecular weight is 380 g/mol. The molecule has 2 amide bonds. The fourth-order valence-electron chi connectivity index (χ4n) is 3.83. The lowest BCUT2D eigenvalue weighted by molar-refractivity contribution is -0.118. The molecule has 0 atom stereocenters. The molecule has 1 aromatic carbocycles. The number of nitrogens with one attached hydrogen (secondary N) is 2. The SMILES string of the molecule is Cc1ccc(NC(=O)CC2(CN)CCCCC2)cc1NC(=O)c1ccncc1. The minimum atomic E-state index is -0.210. The molecule has 1 fully saturated rings. The van der Waals surface area contributed by atoms with E-state index in [9.17, 15) is 9.59 Å². The highest BCUT2D eigenvalue weighted by Crippen LogP contribution is 2.38. The van der Waals surface area contributed by atoms with E-state index in [-0.39, 0.29) is 17.2 Å². The molecule has 1 aliphatic rings. The minimum absolute atomic E-state index is 0.0254. The maximum absolute atomic E-state index is 12.6. The van der Waals surface area contributed by atoms with Crippen LogP contribution in [0.2, 0.25) is 0 Å². The molecule has 1 aliphatic carbocycles. The Hall–Kier alpha value is -2.73. The van der Waals surface area contributed by atoms with Crippen LogP contribution in [-0.4, -0.2) is 23.3 Å². The van der Waals surface area contributed by atoms with Crippen molar-refractivity contribution in [1.29, 1.82) is 0 Å². The molecule has 28 heavy (non-hydrogen) atoms. The second kappa shape index (κ2) is 8.97. The van der Waals surface area contributed by atoms with E-state index < -0.39 is 0 Å². The Labute approximate surface area is 165 Å². The summed E-state index contributed by atoms with van der Waals surface area (Å²) in [4.78, 5) is 29.0. The van der Waals surface area contributed by atoms with Crippen molar-refractivity contribution in [2.24, 2.45) is 11.1 Å². The second-order valence-electron chi connectivity index (χ2n) is 7.71. The maximum Gasteiger partial charge on any atom is 0.255 e. The Morgan fingerprint density at radius 2 is 1.79 bits per heavy atom. The van der Waals surface area contributed by atoms with E-state index in [1.807, 2.05) is 19.1 Å². The summed E-state index contributed by atoms with van der Waals surface area (Å²) >= 11 is 0. The highest BCUT2D eigenvalue weighted by molar-refractivity contribution is 6.05. The van der Waals surface area contributed by atoms with Crippen LogP contribution in [0.1, 0.15) is 54.4 Å². The van der Waals surface area contributed by atoms with Crippen LogP contribution < -0.4 is 16.4 Å². The van der Waals surface area contributed by atoms with E-state index in [0.29, 0.717) is 29.9 Å². The van der Waals surface area contributed by atoms with Crippen molar-refractivity contribution in [1.82, 2.24) is 4.98 Å². The van der Waals surface area contributed by atoms with Gasteiger partial charge >= 0.3 is 0 Å². The molecule has 0 aliphatic heterocycles. The number of nitrogens with two attached hydrogens (primary N) is 1. The molecule has 0 radical (unpaired) electrons. The van der Waals surface area contributed by atoms with E-state index in [2.05, 4.69) is 15.6 Å². The number of benzene rings is 1. The molecule has 6 heteroatoms. The number of hydrogen-bond acceptors (Lipinski definition) is 4. The summed E-state index contributed by atoms with van der Waals surface area (Å²) < 4.78 is 0. The van der Waals surface area contributed by atoms with Crippen molar-refractivity contribution in [2.45, 2.75) is 45.4 Å². The fraction of sp³-hybridized carbons (Fsp3) is 0.409. The van der Waals surface area contributed by atoms with Crippen molar-refractivity contribution in [2.75, 3.05) is 17.2 Å². The number of nitrogens with zero attached hydrogens (tertiary/aromatic N) is 1. The third-order valence-corrected chi connectivity index (χ3v) is 5.59. The molecule has 148 valence electrons. The highest BCUT2D eigenvalue weighted by atomic mass is 16.2. The Bertz CT molecular complexity index is 830. The first kappa shape index (κ1) is 20.0. The van der Waals surface area contributed by atoms with Crippen molar-refractivity contribution < 1.29 is 9.59 Å². The third-order valence-electron chi connectivity index (χ3n) is 5.59. The molecule has 6 nitrogen and oxygen atoms in total. The summed E-state index contributed by atoms with van der Waals surface area (Å²) in [6.45, 7) is 2.46. The van der Waals surface area contributed by atoms with Crippen LogP contribution in [-0.2, 0) is 4.79 Å². The van der Waals surface area contributed by atoms with Gasteiger partial charge in [-0.05, 0) is 61.6 Å². The molecule has 3 rings (SSSR count). The Morgan fingerprint density at radius 3 is 2.46 bits per heavy atom. The first-order valence-corrected chi connectivity index (χ1v) is 9.83. The zero-order valence-corrected chi connectivity index (χ0v) is 16.3. The number of amides is 2. The number of pyridine rings is 1. The summed E-state index contributed by atoms with van der Waals surface area (Å²) in [5.74, 6) is -0.235. The molecule has 4 N–H and O–H groups in total. The number of aryl methyl sites for hydroxylation is 1. The molecular weight excluding hydrogens is 352 g/mol. The van der Waals surface area contributed by atoms with Gasteiger partial charge in [0, 0.05) is 35.8 Å². The standard InChI is InChI=1S/C22H28N4O2/c1-16-5-6-18(13-19(16)26-21(28)17-7-11-24-12-8-17)25-20(27)14-22(15-23)9-3-2-4-10-22/h5-8,11-13H,2-4,9-10,14-15,23H2,1H3,(H,25,27)(H,26,28). The molecule has 0 saturated heterocycles. The van der Waals surface area contributed by atoms with Crippen molar-refractivity contribution in [3.05, 3.63) is 53.9 Å². The summed E-state index contributed by atoms with van der Waals surface area (Å²) in [5, 5.41) is 5.88. The van der Waals surface area contributed by atoms with Gasteiger partial charge in [-0.3, -0.25) is 14.6 Å². The van der Waals surface area contributed by atoms with Gasteiger partial charge in [0.15, 0.2) is 0 Å². The van der Waals surface area contributed by atoms with E-state index in [4.69, 9.17) is 5.73 Å². The Morgan fingerprint density at radius 1 is 1.07 bits per heavy atom. The predicted octanol–water partition coefficient (Wildman–Crippen LogP) is 3.88. The van der Waals surface area contributed by atoms with Crippen molar-refractivity contribution in [3.63, 3.8) is 0 Å². The van der Waals surface area contributed by atoms with Crippen LogP contribution in [0.25, 0.3) is 0 Å². The van der Waals surface area contributed by atoms with Crippen molar-refractivity contribution >= 4 is 23.2 Å². The zero-order chi connectivity index (χ0) is 20.0. The van der Waals surface area contributed by atoms with Crippen LogP contribution in [0.5, 0.6) is 0 Å². The molecule has 0 spiro atoms. The summed E-state index contributed by atoms with van der Waals surface area (Å²) in [6, 6.07) is 8.85. The van der Waals surface area contributed by atoms with Crippen LogP contribution in [0.4, 0.5) is 11.4 Å². The van der Waals surface area contributed by atoms with Gasteiger partial charge in [-0.1, -0.05) is 25.3 Å². The summed E-state index contributed by atoms with van der Waals surface area (Å²) in [6.07, 6.45) is 9.13. The summed E-state index contributed by atoms with van der Waals surface area (Å²) in [7, 11) is 0. The first-order chi connectivity index (χ1) is 13.5. The Balaban J connectivity index is 1.67. The number of aromatic nitrogens is 1. The smallest absolute Gasteiger partial charge is 0.255 e. The van der Waals surface area contributed by atoms with Gasteiger partial charge in [-0.15, -0.1) is 0 Å². The molecule has 1 saturated carbocycles. The molecule has 2 aromatic rings. The van der Waals surface area contributed by atoms with Gasteiger partial charge in [-0.2, -0.15) is 0 Å². The number of carbonyl (C=O) groups is 2. The molecule has 0 bridgehead atoms. The second-order valence-corrected chi connectivity index (χ2v) is 7.71. The monoisotopic (exact) mass is 380 g/mol. The quantitative estimate of drug-likeness (QED) is 0.708. The normalized spacial score (nSPS) is 15.6. The summed E-state index contributed by atoms with van der Waals surface area (Å²) in [5.41, 5.74) is 8.72. The number of anilines is 2. The molecule has 0 unspecified atom stereocenters. The van der Waals surface area contributed by atoms with Crippen LogP contribution >= 0.6 is 0 Å². The van der Waals surface area contributed by atoms with Gasteiger partial charge in [0.1, 0.15) is 0 Å². The minimum Gasteiger partial charge on any atom is -0.330 e. The molecule has 1 aromatic heterocycles. The number of hydrogen-bond donors (Lipinski definition) is 3.